The molecule has 0 radical (unpaired) electrons. The molecule has 0 fully saturated rings. The third-order valence-electron chi connectivity index (χ3n) is 2.91. The molecule has 1 aromatic heterocycles. The van der Waals surface area contributed by atoms with E-state index in [4.69, 9.17) is 10.2 Å². The number of benzene rings is 1. The number of halogens is 1. The standard InChI is InChI=1S/C16H18BrN3O3/c1-16(2,18)9-19-14(21)10-3-5-11(6-4-10)20-15(22)12-7-8-13(17)23-12/h3-8H,9,18H2,1-2H3,(H,19,21)(H,20,22). The van der Waals surface area contributed by atoms with Crippen molar-refractivity contribution in [1.82, 2.24) is 5.32 Å². The number of nitrogens with one attached hydrogen (secondary N) is 2. The molecule has 4 N–H and O–H groups in total. The normalized spacial score (nSPS) is 11.1. The number of furan rings is 1. The molecule has 0 aliphatic rings. The second-order valence-electron chi connectivity index (χ2n) is 5.81. The first-order chi connectivity index (χ1) is 10.7. The lowest BCUT2D eigenvalue weighted by Gasteiger charge is -2.18. The van der Waals surface area contributed by atoms with Crippen LogP contribution in [0.4, 0.5) is 5.69 Å². The van der Waals surface area contributed by atoms with Crippen LogP contribution in [0.15, 0.2) is 45.5 Å². The summed E-state index contributed by atoms with van der Waals surface area (Å²) in [6, 6.07) is 9.77. The number of rotatable bonds is 5. The molecular weight excluding hydrogens is 362 g/mol. The van der Waals surface area contributed by atoms with Gasteiger partial charge >= 0.3 is 0 Å². The van der Waals surface area contributed by atoms with Crippen LogP contribution in [0.25, 0.3) is 0 Å². The number of carbonyl (C=O) groups is 2. The first-order valence-electron chi connectivity index (χ1n) is 6.98. The van der Waals surface area contributed by atoms with E-state index in [0.717, 1.165) is 0 Å². The lowest BCUT2D eigenvalue weighted by molar-refractivity contribution is 0.0945. The number of carbonyl (C=O) groups excluding carboxylic acids is 2. The fourth-order valence-electron chi connectivity index (χ4n) is 1.74. The monoisotopic (exact) mass is 379 g/mol. The maximum atomic E-state index is 12.0. The maximum absolute atomic E-state index is 12.0. The zero-order valence-electron chi connectivity index (χ0n) is 12.9. The summed E-state index contributed by atoms with van der Waals surface area (Å²) in [5.41, 5.74) is 6.41. The van der Waals surface area contributed by atoms with E-state index in [1.54, 1.807) is 36.4 Å². The first-order valence-corrected chi connectivity index (χ1v) is 7.78. The average Bonchev–Trinajstić information content (AvgIpc) is 2.91. The highest BCUT2D eigenvalue weighted by molar-refractivity contribution is 9.10. The molecular formula is C16H18BrN3O3. The number of amides is 2. The van der Waals surface area contributed by atoms with Crippen molar-refractivity contribution >= 4 is 33.4 Å². The van der Waals surface area contributed by atoms with Crippen molar-refractivity contribution in [1.29, 1.82) is 0 Å². The fraction of sp³-hybridized carbons (Fsp3) is 0.250. The molecule has 6 nitrogen and oxygen atoms in total. The summed E-state index contributed by atoms with van der Waals surface area (Å²) in [6.07, 6.45) is 0. The van der Waals surface area contributed by atoms with E-state index in [1.165, 1.54) is 0 Å². The summed E-state index contributed by atoms with van der Waals surface area (Å²) < 4.78 is 5.66. The van der Waals surface area contributed by atoms with E-state index >= 15 is 0 Å². The molecule has 7 heteroatoms. The molecule has 1 aromatic carbocycles. The van der Waals surface area contributed by atoms with Crippen molar-refractivity contribution in [2.45, 2.75) is 19.4 Å². The van der Waals surface area contributed by atoms with Crippen molar-refractivity contribution < 1.29 is 14.0 Å². The molecule has 0 saturated carbocycles. The molecule has 0 bridgehead atoms. The summed E-state index contributed by atoms with van der Waals surface area (Å²) in [5, 5.41) is 5.44. The van der Waals surface area contributed by atoms with Crippen LogP contribution in [0.2, 0.25) is 0 Å². The highest BCUT2D eigenvalue weighted by Gasteiger charge is 2.14. The predicted molar refractivity (Wildman–Crippen MR) is 91.4 cm³/mol. The summed E-state index contributed by atoms with van der Waals surface area (Å²) in [5.74, 6) is -0.377. The Morgan fingerprint density at radius 3 is 2.30 bits per heavy atom. The minimum Gasteiger partial charge on any atom is -0.444 e. The van der Waals surface area contributed by atoms with Crippen molar-refractivity contribution in [3.8, 4) is 0 Å². The van der Waals surface area contributed by atoms with E-state index in [0.29, 0.717) is 22.5 Å². The van der Waals surface area contributed by atoms with Crippen LogP contribution in [0.5, 0.6) is 0 Å². The van der Waals surface area contributed by atoms with E-state index in [1.807, 2.05) is 13.8 Å². The fourth-order valence-corrected chi connectivity index (χ4v) is 2.05. The van der Waals surface area contributed by atoms with Gasteiger partial charge in [0.1, 0.15) is 0 Å². The predicted octanol–water partition coefficient (Wildman–Crippen LogP) is 2.76. The molecule has 122 valence electrons. The SMILES string of the molecule is CC(C)(N)CNC(=O)c1ccc(NC(=O)c2ccc(Br)o2)cc1. The van der Waals surface area contributed by atoms with Gasteiger partial charge in [-0.25, -0.2) is 0 Å². The van der Waals surface area contributed by atoms with Gasteiger partial charge in [-0.2, -0.15) is 0 Å². The van der Waals surface area contributed by atoms with Gasteiger partial charge in [-0.05, 0) is 66.2 Å². The summed E-state index contributed by atoms with van der Waals surface area (Å²) >= 11 is 3.14. The second-order valence-corrected chi connectivity index (χ2v) is 6.59. The molecule has 2 aromatic rings. The van der Waals surface area contributed by atoms with Crippen molar-refractivity contribution in [3.05, 3.63) is 52.4 Å². The number of nitrogens with two attached hydrogens (primary N) is 1. The topological polar surface area (TPSA) is 97.4 Å². The van der Waals surface area contributed by atoms with E-state index in [2.05, 4.69) is 26.6 Å². The largest absolute Gasteiger partial charge is 0.444 e. The Morgan fingerprint density at radius 1 is 1.13 bits per heavy atom. The Hall–Kier alpha value is -2.12. The van der Waals surface area contributed by atoms with Gasteiger partial charge in [-0.3, -0.25) is 9.59 Å². The van der Waals surface area contributed by atoms with E-state index in [9.17, 15) is 9.59 Å². The van der Waals surface area contributed by atoms with E-state index < -0.39 is 5.54 Å². The van der Waals surface area contributed by atoms with Gasteiger partial charge < -0.3 is 20.8 Å². The van der Waals surface area contributed by atoms with Gasteiger partial charge in [0, 0.05) is 23.3 Å². The Balaban J connectivity index is 1.96. The summed E-state index contributed by atoms with van der Waals surface area (Å²) in [4.78, 5) is 23.9. The molecule has 23 heavy (non-hydrogen) atoms. The number of hydrogen-bond donors (Lipinski definition) is 3. The molecule has 2 amide bonds. The number of hydrogen-bond acceptors (Lipinski definition) is 4. The lowest BCUT2D eigenvalue weighted by atomic mass is 10.1. The quantitative estimate of drug-likeness (QED) is 0.743. The second kappa shape index (κ2) is 6.97. The van der Waals surface area contributed by atoms with Crippen LogP contribution in [-0.2, 0) is 0 Å². The van der Waals surface area contributed by atoms with Gasteiger partial charge in [0.05, 0.1) is 0 Å². The molecule has 0 unspecified atom stereocenters. The van der Waals surface area contributed by atoms with Gasteiger partial charge in [-0.15, -0.1) is 0 Å². The third kappa shape index (κ3) is 5.22. The molecule has 0 saturated heterocycles. The Labute approximate surface area is 142 Å². The molecule has 0 atom stereocenters. The molecule has 0 aliphatic heterocycles. The smallest absolute Gasteiger partial charge is 0.291 e. The summed E-state index contributed by atoms with van der Waals surface area (Å²) in [6.45, 7) is 4.04. The Bertz CT molecular complexity index is 702. The molecule has 0 spiro atoms. The van der Waals surface area contributed by atoms with Crippen LogP contribution in [0.1, 0.15) is 34.8 Å². The van der Waals surface area contributed by atoms with Crippen molar-refractivity contribution in [3.63, 3.8) is 0 Å². The zero-order chi connectivity index (χ0) is 17.0. The van der Waals surface area contributed by atoms with Crippen molar-refractivity contribution in [2.24, 2.45) is 5.73 Å². The van der Waals surface area contributed by atoms with Crippen LogP contribution in [-0.4, -0.2) is 23.9 Å². The zero-order valence-corrected chi connectivity index (χ0v) is 14.4. The van der Waals surface area contributed by atoms with Gasteiger partial charge in [0.2, 0.25) is 0 Å². The Kier molecular flexibility index (Phi) is 5.23. The first kappa shape index (κ1) is 17.2. The Morgan fingerprint density at radius 2 is 1.78 bits per heavy atom. The van der Waals surface area contributed by atoms with Crippen LogP contribution >= 0.6 is 15.9 Å². The van der Waals surface area contributed by atoms with E-state index in [-0.39, 0.29) is 17.6 Å². The van der Waals surface area contributed by atoms with Crippen LogP contribution < -0.4 is 16.4 Å². The minimum absolute atomic E-state index is 0.198. The molecule has 1 heterocycles. The van der Waals surface area contributed by atoms with Gasteiger partial charge in [-0.1, -0.05) is 0 Å². The lowest BCUT2D eigenvalue weighted by Crippen LogP contribution is -2.45. The molecule has 0 aliphatic carbocycles. The van der Waals surface area contributed by atoms with Crippen LogP contribution in [0.3, 0.4) is 0 Å². The minimum atomic E-state index is -0.471. The highest BCUT2D eigenvalue weighted by atomic mass is 79.9. The summed E-state index contributed by atoms with van der Waals surface area (Å²) in [7, 11) is 0. The van der Waals surface area contributed by atoms with Crippen molar-refractivity contribution in [2.75, 3.05) is 11.9 Å². The van der Waals surface area contributed by atoms with Gasteiger partial charge in [0.25, 0.3) is 11.8 Å². The third-order valence-corrected chi connectivity index (χ3v) is 3.33. The van der Waals surface area contributed by atoms with Gasteiger partial charge in [0.15, 0.2) is 10.4 Å². The highest BCUT2D eigenvalue weighted by Crippen LogP contribution is 2.16. The average molecular weight is 380 g/mol. The van der Waals surface area contributed by atoms with Crippen LogP contribution in [0, 0.1) is 0 Å². The number of anilines is 1. The molecule has 2 rings (SSSR count). The maximum Gasteiger partial charge on any atom is 0.291 e.